The molecule has 2 aromatic rings. The van der Waals surface area contributed by atoms with Crippen LogP contribution in [0.1, 0.15) is 23.6 Å². The number of hydrogen-bond acceptors (Lipinski definition) is 3. The lowest BCUT2D eigenvalue weighted by Gasteiger charge is -2.27. The summed E-state index contributed by atoms with van der Waals surface area (Å²) in [4.78, 5) is 12.7. The number of hydrogen-bond donors (Lipinski definition) is 1. The number of halogens is 1. The summed E-state index contributed by atoms with van der Waals surface area (Å²) in [6.45, 7) is 0.875. The minimum Gasteiger partial charge on any atom is -0.493 e. The van der Waals surface area contributed by atoms with Gasteiger partial charge in [-0.3, -0.25) is 4.79 Å². The Morgan fingerprint density at radius 2 is 2.00 bits per heavy atom. The maximum absolute atomic E-state index is 12.7. The van der Waals surface area contributed by atoms with Gasteiger partial charge < -0.3 is 14.8 Å². The molecule has 0 aromatic heterocycles. The van der Waals surface area contributed by atoms with Crippen LogP contribution in [-0.2, 0) is 4.79 Å². The summed E-state index contributed by atoms with van der Waals surface area (Å²) in [5, 5.41) is 3.11. The lowest BCUT2D eigenvalue weighted by molar-refractivity contribution is -0.118. The topological polar surface area (TPSA) is 47.6 Å². The Morgan fingerprint density at radius 1 is 1.12 bits per heavy atom. The molecule has 0 fully saturated rings. The van der Waals surface area contributed by atoms with Crippen LogP contribution in [0, 0.1) is 0 Å². The molecule has 1 amide bonds. The van der Waals surface area contributed by atoms with Crippen LogP contribution in [0.25, 0.3) is 6.08 Å². The van der Waals surface area contributed by atoms with Crippen LogP contribution < -0.4 is 14.8 Å². The number of benzene rings is 2. The first-order chi connectivity index (χ1) is 11.7. The van der Waals surface area contributed by atoms with Crippen molar-refractivity contribution in [3.8, 4) is 11.5 Å². The van der Waals surface area contributed by atoms with Crippen LogP contribution in [0.15, 0.2) is 52.5 Å². The predicted octanol–water partition coefficient (Wildman–Crippen LogP) is 3.86. The number of carbonyl (C=O) groups excluding carboxylic acids is 1. The Morgan fingerprint density at radius 3 is 2.92 bits per heavy atom. The van der Waals surface area contributed by atoms with E-state index in [1.54, 1.807) is 0 Å². The van der Waals surface area contributed by atoms with Gasteiger partial charge in [0.2, 0.25) is 0 Å². The maximum Gasteiger partial charge on any atom is 0.251 e. The molecule has 0 aliphatic carbocycles. The van der Waals surface area contributed by atoms with Crippen LogP contribution in [0.4, 0.5) is 0 Å². The number of rotatable bonds is 2. The van der Waals surface area contributed by atoms with Gasteiger partial charge in [-0.25, -0.2) is 0 Å². The summed E-state index contributed by atoms with van der Waals surface area (Å²) >= 11 is 3.47. The van der Waals surface area contributed by atoms with Gasteiger partial charge in [0, 0.05) is 17.5 Å². The molecule has 0 saturated heterocycles. The van der Waals surface area contributed by atoms with Gasteiger partial charge in [0.05, 0.1) is 22.7 Å². The normalized spacial score (nSPS) is 18.4. The molecule has 5 heteroatoms. The maximum atomic E-state index is 12.7. The van der Waals surface area contributed by atoms with Gasteiger partial charge in [-0.2, -0.15) is 0 Å². The molecule has 4 nitrogen and oxygen atoms in total. The largest absolute Gasteiger partial charge is 0.493 e. The summed E-state index contributed by atoms with van der Waals surface area (Å²) in [6.07, 6.45) is 2.66. The molecule has 4 rings (SSSR count). The zero-order valence-electron chi connectivity index (χ0n) is 12.9. The minimum absolute atomic E-state index is 0.0349. The molecule has 0 bridgehead atoms. The molecule has 122 valence electrons. The van der Waals surface area contributed by atoms with Crippen molar-refractivity contribution >= 4 is 27.9 Å². The third-order valence-corrected chi connectivity index (χ3v) is 4.88. The number of carbonyl (C=O) groups is 1. The van der Waals surface area contributed by atoms with E-state index in [-0.39, 0.29) is 18.6 Å². The van der Waals surface area contributed by atoms with Gasteiger partial charge in [0.1, 0.15) is 18.1 Å². The Labute approximate surface area is 148 Å². The summed E-state index contributed by atoms with van der Waals surface area (Å²) < 4.78 is 12.3. The highest BCUT2D eigenvalue weighted by molar-refractivity contribution is 9.10. The van der Waals surface area contributed by atoms with E-state index < -0.39 is 0 Å². The second-order valence-electron chi connectivity index (χ2n) is 5.82. The molecule has 0 radical (unpaired) electrons. The van der Waals surface area contributed by atoms with Crippen molar-refractivity contribution in [3.05, 3.63) is 63.6 Å². The summed E-state index contributed by atoms with van der Waals surface area (Å²) in [5.74, 6) is 1.53. The van der Waals surface area contributed by atoms with Gasteiger partial charge in [-0.05, 0) is 34.1 Å². The molecule has 1 atom stereocenters. The molecule has 2 aliphatic rings. The van der Waals surface area contributed by atoms with E-state index >= 15 is 0 Å². The van der Waals surface area contributed by atoms with E-state index in [1.807, 2.05) is 48.5 Å². The standard InChI is InChI=1S/C19H16BrNO3/c20-15-6-3-4-12-10-13(11-24-18(12)15)19(22)21-16-8-9-23-17-7-2-1-5-14(16)17/h1-7,10,16H,8-9,11H2,(H,21,22). The third kappa shape index (κ3) is 2.80. The number of amides is 1. The van der Waals surface area contributed by atoms with Crippen molar-refractivity contribution in [2.75, 3.05) is 13.2 Å². The Balaban J connectivity index is 1.56. The fourth-order valence-corrected chi connectivity index (χ4v) is 3.54. The third-order valence-electron chi connectivity index (χ3n) is 4.25. The van der Waals surface area contributed by atoms with Crippen LogP contribution in [0.5, 0.6) is 11.5 Å². The summed E-state index contributed by atoms with van der Waals surface area (Å²) in [6, 6.07) is 13.6. The lowest BCUT2D eigenvalue weighted by Crippen LogP contribution is -2.34. The fourth-order valence-electron chi connectivity index (χ4n) is 3.04. The van der Waals surface area contributed by atoms with Crippen molar-refractivity contribution in [1.82, 2.24) is 5.32 Å². The highest BCUT2D eigenvalue weighted by Crippen LogP contribution is 2.35. The molecule has 0 spiro atoms. The average molecular weight is 386 g/mol. The highest BCUT2D eigenvalue weighted by atomic mass is 79.9. The fraction of sp³-hybridized carbons (Fsp3) is 0.211. The van der Waals surface area contributed by atoms with Gasteiger partial charge in [0.15, 0.2) is 0 Å². The Bertz CT molecular complexity index is 831. The van der Waals surface area contributed by atoms with Crippen LogP contribution in [0.2, 0.25) is 0 Å². The number of fused-ring (bicyclic) bond motifs is 2. The Kier molecular flexibility index (Phi) is 4.02. The zero-order chi connectivity index (χ0) is 16.5. The van der Waals surface area contributed by atoms with Crippen LogP contribution >= 0.6 is 15.9 Å². The van der Waals surface area contributed by atoms with E-state index in [0.717, 1.165) is 33.5 Å². The molecule has 2 heterocycles. The van der Waals surface area contributed by atoms with Gasteiger partial charge >= 0.3 is 0 Å². The lowest BCUT2D eigenvalue weighted by atomic mass is 9.99. The van der Waals surface area contributed by atoms with E-state index in [2.05, 4.69) is 21.2 Å². The quantitative estimate of drug-likeness (QED) is 0.853. The van der Waals surface area contributed by atoms with Crippen molar-refractivity contribution in [3.63, 3.8) is 0 Å². The molecular weight excluding hydrogens is 370 g/mol. The number of nitrogens with one attached hydrogen (secondary N) is 1. The second kappa shape index (κ2) is 6.32. The average Bonchev–Trinajstić information content (AvgIpc) is 2.62. The second-order valence-corrected chi connectivity index (χ2v) is 6.67. The van der Waals surface area contributed by atoms with E-state index in [1.165, 1.54) is 0 Å². The summed E-state index contributed by atoms with van der Waals surface area (Å²) in [7, 11) is 0. The molecule has 0 saturated carbocycles. The van der Waals surface area contributed by atoms with Crippen LogP contribution in [0.3, 0.4) is 0 Å². The predicted molar refractivity (Wildman–Crippen MR) is 95.1 cm³/mol. The van der Waals surface area contributed by atoms with E-state index in [9.17, 15) is 4.79 Å². The molecule has 2 aromatic carbocycles. The number of ether oxygens (including phenoxy) is 2. The first kappa shape index (κ1) is 15.3. The van der Waals surface area contributed by atoms with Crippen molar-refractivity contribution in [1.29, 1.82) is 0 Å². The van der Waals surface area contributed by atoms with Gasteiger partial charge in [-0.15, -0.1) is 0 Å². The monoisotopic (exact) mass is 385 g/mol. The van der Waals surface area contributed by atoms with Crippen LogP contribution in [-0.4, -0.2) is 19.1 Å². The minimum atomic E-state index is -0.0951. The molecule has 1 N–H and O–H groups in total. The molecule has 2 aliphatic heterocycles. The molecular formula is C19H16BrNO3. The molecule has 1 unspecified atom stereocenters. The SMILES string of the molecule is O=C(NC1CCOc2ccccc21)C1=Cc2cccc(Br)c2OC1. The van der Waals surface area contributed by atoms with Gasteiger partial charge in [-0.1, -0.05) is 30.3 Å². The summed E-state index contributed by atoms with van der Waals surface area (Å²) in [5.41, 5.74) is 2.57. The molecule has 24 heavy (non-hydrogen) atoms. The Hall–Kier alpha value is -2.27. The first-order valence-corrected chi connectivity index (χ1v) is 8.66. The van der Waals surface area contributed by atoms with Crippen molar-refractivity contribution in [2.24, 2.45) is 0 Å². The van der Waals surface area contributed by atoms with E-state index in [0.29, 0.717) is 12.2 Å². The van der Waals surface area contributed by atoms with Crippen molar-refractivity contribution in [2.45, 2.75) is 12.5 Å². The number of para-hydroxylation sites is 2. The first-order valence-electron chi connectivity index (χ1n) is 7.87. The van der Waals surface area contributed by atoms with Crippen molar-refractivity contribution < 1.29 is 14.3 Å². The highest BCUT2D eigenvalue weighted by Gasteiger charge is 2.25. The smallest absolute Gasteiger partial charge is 0.251 e. The van der Waals surface area contributed by atoms with E-state index in [4.69, 9.17) is 9.47 Å². The zero-order valence-corrected chi connectivity index (χ0v) is 14.5. The van der Waals surface area contributed by atoms with Gasteiger partial charge in [0.25, 0.3) is 5.91 Å².